The molecule has 1 aromatic carbocycles. The maximum atomic E-state index is 9.87. The van der Waals surface area contributed by atoms with Crippen LogP contribution >= 0.6 is 0 Å². The van der Waals surface area contributed by atoms with Gasteiger partial charge in [-0.05, 0) is 25.0 Å². The fraction of sp³-hybridized carbons (Fsp3) is 0.308. The SMILES string of the molecule is Nc1cccc(-c2cn3c(n2)C(O)CCC3)c1. The van der Waals surface area contributed by atoms with Crippen LogP contribution in [0.4, 0.5) is 5.69 Å². The van der Waals surface area contributed by atoms with Gasteiger partial charge in [0.15, 0.2) is 0 Å². The number of hydrogen-bond donors (Lipinski definition) is 2. The molecule has 0 bridgehead atoms. The van der Waals surface area contributed by atoms with Gasteiger partial charge in [0.05, 0.1) is 5.69 Å². The Morgan fingerprint density at radius 3 is 3.06 bits per heavy atom. The Labute approximate surface area is 99.7 Å². The molecule has 0 saturated heterocycles. The molecule has 0 fully saturated rings. The maximum absolute atomic E-state index is 9.87. The molecule has 3 rings (SSSR count). The van der Waals surface area contributed by atoms with Crippen molar-refractivity contribution in [2.75, 3.05) is 5.73 Å². The summed E-state index contributed by atoms with van der Waals surface area (Å²) in [5, 5.41) is 9.87. The number of fused-ring (bicyclic) bond motifs is 1. The van der Waals surface area contributed by atoms with Crippen LogP contribution in [0.2, 0.25) is 0 Å². The number of rotatable bonds is 1. The fourth-order valence-electron chi connectivity index (χ4n) is 2.30. The van der Waals surface area contributed by atoms with Gasteiger partial charge >= 0.3 is 0 Å². The summed E-state index contributed by atoms with van der Waals surface area (Å²) >= 11 is 0. The van der Waals surface area contributed by atoms with Crippen molar-refractivity contribution in [3.8, 4) is 11.3 Å². The molecule has 1 atom stereocenters. The third-order valence-electron chi connectivity index (χ3n) is 3.16. The normalized spacial score (nSPS) is 19.0. The summed E-state index contributed by atoms with van der Waals surface area (Å²) in [6.07, 6.45) is 3.36. The van der Waals surface area contributed by atoms with Gasteiger partial charge in [-0.15, -0.1) is 0 Å². The summed E-state index contributed by atoms with van der Waals surface area (Å²) in [4.78, 5) is 4.50. The van der Waals surface area contributed by atoms with Crippen LogP contribution in [-0.4, -0.2) is 14.7 Å². The number of imidazole rings is 1. The second kappa shape index (κ2) is 3.89. The van der Waals surface area contributed by atoms with E-state index in [2.05, 4.69) is 4.98 Å². The average molecular weight is 229 g/mol. The highest BCUT2D eigenvalue weighted by Gasteiger charge is 2.20. The van der Waals surface area contributed by atoms with E-state index >= 15 is 0 Å². The molecule has 3 N–H and O–H groups in total. The second-order valence-electron chi connectivity index (χ2n) is 4.46. The van der Waals surface area contributed by atoms with Gasteiger partial charge < -0.3 is 15.4 Å². The van der Waals surface area contributed by atoms with Crippen LogP contribution < -0.4 is 5.73 Å². The van der Waals surface area contributed by atoms with Crippen LogP contribution in [0.15, 0.2) is 30.5 Å². The minimum atomic E-state index is -0.432. The average Bonchev–Trinajstić information content (AvgIpc) is 2.74. The first-order chi connectivity index (χ1) is 8.24. The van der Waals surface area contributed by atoms with Crippen LogP contribution in [0, 0.1) is 0 Å². The zero-order valence-corrected chi connectivity index (χ0v) is 9.50. The number of aryl methyl sites for hydroxylation is 1. The van der Waals surface area contributed by atoms with Crippen LogP contribution in [0.3, 0.4) is 0 Å². The Hall–Kier alpha value is -1.81. The number of aliphatic hydroxyl groups is 1. The van der Waals surface area contributed by atoms with E-state index in [4.69, 9.17) is 5.73 Å². The lowest BCUT2D eigenvalue weighted by atomic mass is 10.1. The molecule has 1 aliphatic rings. The molecule has 0 saturated carbocycles. The molecule has 17 heavy (non-hydrogen) atoms. The Balaban J connectivity index is 2.05. The van der Waals surface area contributed by atoms with Gasteiger partial charge in [-0.25, -0.2) is 4.98 Å². The van der Waals surface area contributed by atoms with Crippen molar-refractivity contribution in [3.63, 3.8) is 0 Å². The van der Waals surface area contributed by atoms with Gasteiger partial charge in [0, 0.05) is 24.0 Å². The van der Waals surface area contributed by atoms with Crippen molar-refractivity contribution in [3.05, 3.63) is 36.3 Å². The zero-order chi connectivity index (χ0) is 11.8. The molecule has 2 aromatic rings. The lowest BCUT2D eigenvalue weighted by Crippen LogP contribution is -2.14. The first kappa shape index (κ1) is 10.4. The standard InChI is InChI=1S/C13H15N3O/c14-10-4-1-3-9(7-10)11-8-16-6-2-5-12(17)13(16)15-11/h1,3-4,7-8,12,17H,2,5-6,14H2. The topological polar surface area (TPSA) is 64.1 Å². The lowest BCUT2D eigenvalue weighted by Gasteiger charge is -2.18. The molecule has 1 aliphatic heterocycles. The van der Waals surface area contributed by atoms with Gasteiger partial charge in [0.2, 0.25) is 0 Å². The molecule has 0 spiro atoms. The van der Waals surface area contributed by atoms with Crippen molar-refractivity contribution in [2.24, 2.45) is 0 Å². The predicted octanol–water partition coefficient (Wildman–Crippen LogP) is 1.96. The van der Waals surface area contributed by atoms with E-state index in [-0.39, 0.29) is 0 Å². The zero-order valence-electron chi connectivity index (χ0n) is 9.50. The molecule has 0 aliphatic carbocycles. The predicted molar refractivity (Wildman–Crippen MR) is 66.3 cm³/mol. The summed E-state index contributed by atoms with van der Waals surface area (Å²) in [6, 6.07) is 7.66. The largest absolute Gasteiger partial charge is 0.399 e. The Kier molecular flexibility index (Phi) is 2.37. The highest BCUT2D eigenvalue weighted by molar-refractivity contribution is 5.63. The molecule has 2 heterocycles. The van der Waals surface area contributed by atoms with Crippen molar-refractivity contribution < 1.29 is 5.11 Å². The molecule has 4 heteroatoms. The summed E-state index contributed by atoms with van der Waals surface area (Å²) in [7, 11) is 0. The van der Waals surface area contributed by atoms with Crippen molar-refractivity contribution in [1.82, 2.24) is 9.55 Å². The summed E-state index contributed by atoms with van der Waals surface area (Å²) < 4.78 is 2.03. The third-order valence-corrected chi connectivity index (χ3v) is 3.16. The van der Waals surface area contributed by atoms with Crippen LogP contribution in [-0.2, 0) is 6.54 Å². The first-order valence-corrected chi connectivity index (χ1v) is 5.85. The van der Waals surface area contributed by atoms with E-state index in [1.54, 1.807) is 0 Å². The Morgan fingerprint density at radius 1 is 1.41 bits per heavy atom. The molecule has 0 radical (unpaired) electrons. The summed E-state index contributed by atoms with van der Waals surface area (Å²) in [5.41, 5.74) is 8.37. The smallest absolute Gasteiger partial charge is 0.138 e. The number of nitrogen functional groups attached to an aromatic ring is 1. The van der Waals surface area contributed by atoms with Gasteiger partial charge in [-0.2, -0.15) is 0 Å². The van der Waals surface area contributed by atoms with Crippen molar-refractivity contribution in [2.45, 2.75) is 25.5 Å². The number of nitrogens with two attached hydrogens (primary N) is 1. The van der Waals surface area contributed by atoms with Gasteiger partial charge in [-0.3, -0.25) is 0 Å². The highest BCUT2D eigenvalue weighted by Crippen LogP contribution is 2.28. The summed E-state index contributed by atoms with van der Waals surface area (Å²) in [6.45, 7) is 0.932. The molecule has 1 unspecified atom stereocenters. The van der Waals surface area contributed by atoms with Crippen LogP contribution in [0.5, 0.6) is 0 Å². The molecule has 88 valence electrons. The van der Waals surface area contributed by atoms with Crippen molar-refractivity contribution in [1.29, 1.82) is 0 Å². The van der Waals surface area contributed by atoms with Crippen LogP contribution in [0.1, 0.15) is 24.8 Å². The molecule has 0 amide bonds. The summed E-state index contributed by atoms with van der Waals surface area (Å²) in [5.74, 6) is 0.772. The van der Waals surface area contributed by atoms with E-state index in [1.165, 1.54) is 0 Å². The lowest BCUT2D eigenvalue weighted by molar-refractivity contribution is 0.134. The van der Waals surface area contributed by atoms with E-state index in [9.17, 15) is 5.11 Å². The van der Waals surface area contributed by atoms with E-state index < -0.39 is 6.10 Å². The van der Waals surface area contributed by atoms with Gasteiger partial charge in [0.1, 0.15) is 11.9 Å². The van der Waals surface area contributed by atoms with Crippen molar-refractivity contribution >= 4 is 5.69 Å². The molecular formula is C13H15N3O. The van der Waals surface area contributed by atoms with Crippen LogP contribution in [0.25, 0.3) is 11.3 Å². The number of hydrogen-bond acceptors (Lipinski definition) is 3. The van der Waals surface area contributed by atoms with Gasteiger partial charge in [-0.1, -0.05) is 12.1 Å². The van der Waals surface area contributed by atoms with E-state index in [1.807, 2.05) is 35.0 Å². The number of nitrogens with zero attached hydrogens (tertiary/aromatic N) is 2. The second-order valence-corrected chi connectivity index (χ2v) is 4.46. The molecular weight excluding hydrogens is 214 g/mol. The minimum Gasteiger partial charge on any atom is -0.399 e. The van der Waals surface area contributed by atoms with E-state index in [0.29, 0.717) is 0 Å². The quantitative estimate of drug-likeness (QED) is 0.735. The Morgan fingerprint density at radius 2 is 2.29 bits per heavy atom. The first-order valence-electron chi connectivity index (χ1n) is 5.85. The van der Waals surface area contributed by atoms with E-state index in [0.717, 1.165) is 42.2 Å². The number of aromatic nitrogens is 2. The monoisotopic (exact) mass is 229 g/mol. The minimum absolute atomic E-state index is 0.432. The Bertz CT molecular complexity index is 547. The number of benzene rings is 1. The maximum Gasteiger partial charge on any atom is 0.138 e. The molecule has 4 nitrogen and oxygen atoms in total. The number of aliphatic hydroxyl groups excluding tert-OH is 1. The van der Waals surface area contributed by atoms with Gasteiger partial charge in [0.25, 0.3) is 0 Å². The number of anilines is 1. The highest BCUT2D eigenvalue weighted by atomic mass is 16.3. The fourth-order valence-corrected chi connectivity index (χ4v) is 2.30. The third kappa shape index (κ3) is 1.80. The molecule has 1 aromatic heterocycles.